The van der Waals surface area contributed by atoms with E-state index in [1.54, 1.807) is 12.1 Å². The van der Waals surface area contributed by atoms with E-state index in [1.807, 2.05) is 67.5 Å². The summed E-state index contributed by atoms with van der Waals surface area (Å²) in [6.45, 7) is 0. The van der Waals surface area contributed by atoms with E-state index >= 15 is 0 Å². The molecular weight excluding hydrogens is 426 g/mol. The lowest BCUT2D eigenvalue weighted by Gasteiger charge is -2.30. The van der Waals surface area contributed by atoms with Gasteiger partial charge in [-0.25, -0.2) is 4.99 Å². The van der Waals surface area contributed by atoms with Crippen molar-refractivity contribution in [1.82, 2.24) is 0 Å². The Morgan fingerprint density at radius 1 is 1.03 bits per heavy atom. The first-order chi connectivity index (χ1) is 15.3. The van der Waals surface area contributed by atoms with Crippen molar-refractivity contribution < 1.29 is 17.7 Å². The van der Waals surface area contributed by atoms with Gasteiger partial charge in [-0.05, 0) is 42.0 Å². The highest BCUT2D eigenvalue weighted by Crippen LogP contribution is 2.41. The molecule has 5 rings (SSSR count). The van der Waals surface area contributed by atoms with Crippen LogP contribution in [0.25, 0.3) is 0 Å². The summed E-state index contributed by atoms with van der Waals surface area (Å²) in [6, 6.07) is 19.6. The van der Waals surface area contributed by atoms with E-state index < -0.39 is 10.1 Å². The van der Waals surface area contributed by atoms with Crippen LogP contribution in [0.1, 0.15) is 17.2 Å². The fourth-order valence-corrected chi connectivity index (χ4v) is 4.40. The molecule has 1 aliphatic carbocycles. The zero-order chi connectivity index (χ0) is 22.5. The Hall–Kier alpha value is -3.62. The molecule has 162 valence electrons. The number of allylic oxidation sites excluding steroid dienone is 1. The molecule has 0 saturated heterocycles. The smallest absolute Gasteiger partial charge is 0.294 e. The van der Waals surface area contributed by atoms with E-state index in [-0.39, 0.29) is 10.9 Å². The lowest BCUT2D eigenvalue weighted by molar-refractivity contribution is 0.445. The highest BCUT2D eigenvalue weighted by Gasteiger charge is 2.30. The summed E-state index contributed by atoms with van der Waals surface area (Å²) in [4.78, 5) is 6.70. The number of anilines is 2. The summed E-state index contributed by atoms with van der Waals surface area (Å²) in [5, 5.41) is 3.34. The van der Waals surface area contributed by atoms with Crippen LogP contribution >= 0.6 is 0 Å². The van der Waals surface area contributed by atoms with Gasteiger partial charge in [0.1, 0.15) is 11.4 Å². The van der Waals surface area contributed by atoms with Crippen molar-refractivity contribution in [2.75, 3.05) is 24.3 Å². The number of nitrogens with one attached hydrogen (secondary N) is 1. The second-order valence-electron chi connectivity index (χ2n) is 7.85. The molecule has 0 saturated carbocycles. The molecular formula is C24H21N3O4S. The minimum atomic E-state index is -4.29. The monoisotopic (exact) mass is 447 g/mol. The van der Waals surface area contributed by atoms with Gasteiger partial charge in [-0.15, -0.1) is 0 Å². The van der Waals surface area contributed by atoms with Crippen molar-refractivity contribution in [3.05, 3.63) is 89.7 Å². The van der Waals surface area contributed by atoms with Crippen LogP contribution < -0.4 is 15.0 Å². The molecule has 1 atom stereocenters. The summed E-state index contributed by atoms with van der Waals surface area (Å²) in [6.07, 6.45) is 1.94. The van der Waals surface area contributed by atoms with E-state index in [1.165, 1.54) is 12.1 Å². The van der Waals surface area contributed by atoms with E-state index in [9.17, 15) is 13.0 Å². The van der Waals surface area contributed by atoms with Gasteiger partial charge in [0.25, 0.3) is 10.1 Å². The average molecular weight is 448 g/mol. The minimum absolute atomic E-state index is 0.166. The molecule has 3 aromatic rings. The molecule has 32 heavy (non-hydrogen) atoms. The van der Waals surface area contributed by atoms with Gasteiger partial charge in [-0.2, -0.15) is 8.42 Å². The van der Waals surface area contributed by atoms with Crippen LogP contribution in [-0.4, -0.2) is 32.8 Å². The summed E-state index contributed by atoms with van der Waals surface area (Å²) >= 11 is 0. The lowest BCUT2D eigenvalue weighted by atomic mass is 9.89. The Morgan fingerprint density at radius 2 is 1.84 bits per heavy atom. The van der Waals surface area contributed by atoms with Crippen LogP contribution in [0.15, 0.2) is 88.5 Å². The topological polar surface area (TPSA) is 91.2 Å². The van der Waals surface area contributed by atoms with Gasteiger partial charge in [0, 0.05) is 37.1 Å². The predicted octanol–water partition coefficient (Wildman–Crippen LogP) is 4.56. The van der Waals surface area contributed by atoms with Crippen molar-refractivity contribution in [3.8, 4) is 5.75 Å². The van der Waals surface area contributed by atoms with E-state index in [2.05, 4.69) is 5.32 Å². The predicted molar refractivity (Wildman–Crippen MR) is 125 cm³/mol. The second-order valence-corrected chi connectivity index (χ2v) is 9.27. The van der Waals surface area contributed by atoms with Crippen molar-refractivity contribution in [1.29, 1.82) is 0 Å². The van der Waals surface area contributed by atoms with Crippen LogP contribution in [0.4, 0.5) is 17.1 Å². The Labute approximate surface area is 186 Å². The number of aliphatic imine (C=N–C) groups is 1. The van der Waals surface area contributed by atoms with Gasteiger partial charge in [-0.3, -0.25) is 4.55 Å². The van der Waals surface area contributed by atoms with Gasteiger partial charge < -0.3 is 15.0 Å². The van der Waals surface area contributed by atoms with Gasteiger partial charge >= 0.3 is 0 Å². The molecule has 7 nitrogen and oxygen atoms in total. The maximum absolute atomic E-state index is 11.5. The first-order valence-corrected chi connectivity index (χ1v) is 11.5. The Bertz CT molecular complexity index is 1390. The molecule has 0 spiro atoms. The van der Waals surface area contributed by atoms with Crippen LogP contribution in [-0.2, 0) is 10.1 Å². The molecule has 2 N–H and O–H groups in total. The maximum atomic E-state index is 11.5. The maximum Gasteiger partial charge on any atom is 0.294 e. The third-order valence-electron chi connectivity index (χ3n) is 5.47. The third-order valence-corrected chi connectivity index (χ3v) is 6.32. The standard InChI is InChI=1S/C24H21N3O4S/c1-27(2)16-10-11-20-22(13-16)31-23-14-21(18-8-3-4-9-19(18)24(23)26-20)25-15-6-5-7-17(12-15)32(28,29)30/h3-14,21,25H,1-2H3,(H,28,29,30). The number of rotatable bonds is 4. The Balaban J connectivity index is 1.57. The second kappa shape index (κ2) is 7.51. The number of benzene rings is 3. The SMILES string of the molecule is CN(C)c1ccc2c(c1)OC1=CC(Nc3cccc(S(=O)(=O)O)c3)c3ccccc3C1=N2. The fourth-order valence-electron chi connectivity index (χ4n) is 3.87. The fraction of sp³-hybridized carbons (Fsp3) is 0.125. The lowest BCUT2D eigenvalue weighted by Crippen LogP contribution is -2.25. The van der Waals surface area contributed by atoms with E-state index in [0.29, 0.717) is 17.2 Å². The molecule has 0 bridgehead atoms. The van der Waals surface area contributed by atoms with Gasteiger partial charge in [0.2, 0.25) is 0 Å². The highest BCUT2D eigenvalue weighted by atomic mass is 32.2. The molecule has 0 amide bonds. The molecule has 0 radical (unpaired) electrons. The Morgan fingerprint density at radius 3 is 2.62 bits per heavy atom. The molecule has 3 aromatic carbocycles. The number of fused-ring (bicyclic) bond motifs is 4. The largest absolute Gasteiger partial charge is 0.453 e. The quantitative estimate of drug-likeness (QED) is 0.570. The van der Waals surface area contributed by atoms with E-state index in [4.69, 9.17) is 9.73 Å². The third kappa shape index (κ3) is 3.63. The van der Waals surface area contributed by atoms with Crippen molar-refractivity contribution in [3.63, 3.8) is 0 Å². The van der Waals surface area contributed by atoms with E-state index in [0.717, 1.165) is 28.2 Å². The average Bonchev–Trinajstić information content (AvgIpc) is 2.77. The zero-order valence-corrected chi connectivity index (χ0v) is 18.3. The van der Waals surface area contributed by atoms with Crippen molar-refractivity contribution >= 4 is 32.9 Å². The molecule has 2 aliphatic rings. The number of ether oxygens (including phenoxy) is 1. The summed E-state index contributed by atoms with van der Waals surface area (Å²) in [5.74, 6) is 1.31. The highest BCUT2D eigenvalue weighted by molar-refractivity contribution is 7.85. The molecule has 1 unspecified atom stereocenters. The first-order valence-electron chi connectivity index (χ1n) is 10.0. The molecule has 1 aliphatic heterocycles. The zero-order valence-electron chi connectivity index (χ0n) is 17.5. The number of hydrogen-bond donors (Lipinski definition) is 2. The van der Waals surface area contributed by atoms with Crippen LogP contribution in [0.5, 0.6) is 5.75 Å². The normalized spacial score (nSPS) is 16.5. The van der Waals surface area contributed by atoms with Crippen molar-refractivity contribution in [2.45, 2.75) is 10.9 Å². The van der Waals surface area contributed by atoms with Crippen LogP contribution in [0.2, 0.25) is 0 Å². The molecule has 0 fully saturated rings. The first kappa shape index (κ1) is 20.3. The molecule has 1 heterocycles. The summed E-state index contributed by atoms with van der Waals surface area (Å²) < 4.78 is 38.7. The number of nitrogens with zero attached hydrogens (tertiary/aromatic N) is 2. The molecule has 8 heteroatoms. The summed E-state index contributed by atoms with van der Waals surface area (Å²) in [7, 11) is -0.357. The van der Waals surface area contributed by atoms with Crippen molar-refractivity contribution in [2.24, 2.45) is 4.99 Å². The Kier molecular flexibility index (Phi) is 4.76. The molecule has 0 aromatic heterocycles. The summed E-state index contributed by atoms with van der Waals surface area (Å²) in [5.41, 5.74) is 5.03. The number of hydrogen-bond acceptors (Lipinski definition) is 6. The van der Waals surface area contributed by atoms with Crippen LogP contribution in [0, 0.1) is 0 Å². The minimum Gasteiger partial charge on any atom is -0.453 e. The van der Waals surface area contributed by atoms with Crippen LogP contribution in [0.3, 0.4) is 0 Å². The van der Waals surface area contributed by atoms with Gasteiger partial charge in [0.05, 0.1) is 10.9 Å². The van der Waals surface area contributed by atoms with Gasteiger partial charge in [0.15, 0.2) is 11.5 Å². The van der Waals surface area contributed by atoms with Gasteiger partial charge in [-0.1, -0.05) is 30.3 Å².